The number of benzene rings is 1. The molecule has 3 aromatic rings. The summed E-state index contributed by atoms with van der Waals surface area (Å²) in [6.45, 7) is 5.41. The van der Waals surface area contributed by atoms with Crippen LogP contribution in [0.1, 0.15) is 24.6 Å². The summed E-state index contributed by atoms with van der Waals surface area (Å²) < 4.78 is 5.84. The largest absolute Gasteiger partial charge is 0.439 e. The molecule has 0 radical (unpaired) electrons. The predicted octanol–water partition coefficient (Wildman–Crippen LogP) is 6.19. The second-order valence-electron chi connectivity index (χ2n) is 7.92. The number of nitrogens with one attached hydrogen (secondary N) is 1. The number of carbonyl (C=O) groups excluding carboxylic acids is 1. The molecule has 2 amide bonds. The summed E-state index contributed by atoms with van der Waals surface area (Å²) in [5.41, 5.74) is 4.00. The highest BCUT2D eigenvalue weighted by Crippen LogP contribution is 2.27. The standard InChI is InChI=1S/C25H25ClN4O2/c1-17-16-30(25(31)29-22-8-6-18(2)27-15-22)11-10-20(17)12-19-4-3-5-23(13-19)32-24-9-7-21(26)14-28-24/h3-9,12-15,17H,10-11,16H2,1-2H3,(H,29,31)/b20-12+. The highest BCUT2D eigenvalue weighted by atomic mass is 35.5. The van der Waals surface area contributed by atoms with E-state index >= 15 is 0 Å². The van der Waals surface area contributed by atoms with E-state index in [1.54, 1.807) is 24.5 Å². The molecule has 1 atom stereocenters. The van der Waals surface area contributed by atoms with Crippen LogP contribution in [0, 0.1) is 12.8 Å². The van der Waals surface area contributed by atoms with Gasteiger partial charge in [-0.25, -0.2) is 9.78 Å². The van der Waals surface area contributed by atoms with Crippen LogP contribution in [0.2, 0.25) is 5.02 Å². The Hall–Kier alpha value is -3.38. The molecular formula is C25H25ClN4O2. The Kier molecular flexibility index (Phi) is 6.71. The van der Waals surface area contributed by atoms with E-state index in [0.717, 1.165) is 17.7 Å². The first-order valence-corrected chi connectivity index (χ1v) is 10.9. The molecule has 164 valence electrons. The molecule has 1 unspecified atom stereocenters. The smallest absolute Gasteiger partial charge is 0.321 e. The van der Waals surface area contributed by atoms with Gasteiger partial charge in [-0.2, -0.15) is 0 Å². The molecule has 1 N–H and O–H groups in total. The van der Waals surface area contributed by atoms with Crippen molar-refractivity contribution in [2.24, 2.45) is 5.92 Å². The number of nitrogens with zero attached hydrogens (tertiary/aromatic N) is 3. The van der Waals surface area contributed by atoms with Gasteiger partial charge < -0.3 is 15.0 Å². The SMILES string of the molecule is Cc1ccc(NC(=O)N2CC/C(=C\c3cccc(Oc4ccc(Cl)cn4)c3)C(C)C2)cn1. The van der Waals surface area contributed by atoms with Crippen molar-refractivity contribution in [3.05, 3.63) is 82.8 Å². The van der Waals surface area contributed by atoms with Gasteiger partial charge in [0.2, 0.25) is 5.88 Å². The number of pyridine rings is 2. The van der Waals surface area contributed by atoms with Crippen molar-refractivity contribution < 1.29 is 9.53 Å². The predicted molar refractivity (Wildman–Crippen MR) is 127 cm³/mol. The zero-order chi connectivity index (χ0) is 22.5. The molecule has 4 rings (SSSR count). The Morgan fingerprint density at radius 2 is 2.06 bits per heavy atom. The minimum atomic E-state index is -0.0904. The minimum absolute atomic E-state index is 0.0904. The number of aromatic nitrogens is 2. The molecule has 0 aliphatic carbocycles. The molecule has 1 aliphatic rings. The van der Waals surface area contributed by atoms with Crippen LogP contribution in [0.3, 0.4) is 0 Å². The number of rotatable bonds is 4. The van der Waals surface area contributed by atoms with Gasteiger partial charge in [0.05, 0.1) is 16.9 Å². The van der Waals surface area contributed by atoms with Crippen LogP contribution in [-0.2, 0) is 0 Å². The Morgan fingerprint density at radius 1 is 1.19 bits per heavy atom. The minimum Gasteiger partial charge on any atom is -0.439 e. The number of halogens is 1. The van der Waals surface area contributed by atoms with Gasteiger partial charge in [0.1, 0.15) is 5.75 Å². The monoisotopic (exact) mass is 448 g/mol. The van der Waals surface area contributed by atoms with Crippen molar-refractivity contribution in [2.75, 3.05) is 18.4 Å². The van der Waals surface area contributed by atoms with Gasteiger partial charge in [0, 0.05) is 31.0 Å². The van der Waals surface area contributed by atoms with Crippen molar-refractivity contribution in [2.45, 2.75) is 20.3 Å². The number of carbonyl (C=O) groups is 1. The highest BCUT2D eigenvalue weighted by molar-refractivity contribution is 6.30. The summed E-state index contributed by atoms with van der Waals surface area (Å²) in [7, 11) is 0. The first kappa shape index (κ1) is 21.8. The van der Waals surface area contributed by atoms with E-state index in [1.165, 1.54) is 5.57 Å². The first-order valence-electron chi connectivity index (χ1n) is 10.5. The van der Waals surface area contributed by atoms with Crippen LogP contribution < -0.4 is 10.1 Å². The van der Waals surface area contributed by atoms with Crippen LogP contribution >= 0.6 is 11.6 Å². The van der Waals surface area contributed by atoms with Crippen LogP contribution in [0.5, 0.6) is 11.6 Å². The van der Waals surface area contributed by atoms with Gasteiger partial charge in [0.15, 0.2) is 0 Å². The summed E-state index contributed by atoms with van der Waals surface area (Å²) in [5.74, 6) is 1.47. The van der Waals surface area contributed by atoms with Crippen molar-refractivity contribution in [1.29, 1.82) is 0 Å². The summed E-state index contributed by atoms with van der Waals surface area (Å²) in [4.78, 5) is 22.9. The molecule has 3 heterocycles. The van der Waals surface area contributed by atoms with Crippen LogP contribution in [0.4, 0.5) is 10.5 Å². The lowest BCUT2D eigenvalue weighted by Gasteiger charge is -2.33. The molecule has 1 aromatic carbocycles. The number of amides is 2. The highest BCUT2D eigenvalue weighted by Gasteiger charge is 2.24. The van der Waals surface area contributed by atoms with Crippen molar-refractivity contribution in [3.8, 4) is 11.6 Å². The molecule has 2 aromatic heterocycles. The average Bonchev–Trinajstić information content (AvgIpc) is 2.78. The van der Waals surface area contributed by atoms with E-state index < -0.39 is 0 Å². The summed E-state index contributed by atoms with van der Waals surface area (Å²) in [6, 6.07) is 15.0. The molecule has 0 bridgehead atoms. The molecule has 6 nitrogen and oxygen atoms in total. The fourth-order valence-electron chi connectivity index (χ4n) is 3.62. The second kappa shape index (κ2) is 9.83. The fraction of sp³-hybridized carbons (Fsp3) is 0.240. The third-order valence-electron chi connectivity index (χ3n) is 5.38. The van der Waals surface area contributed by atoms with E-state index in [-0.39, 0.29) is 11.9 Å². The van der Waals surface area contributed by atoms with Crippen molar-refractivity contribution in [1.82, 2.24) is 14.9 Å². The van der Waals surface area contributed by atoms with Gasteiger partial charge >= 0.3 is 6.03 Å². The lowest BCUT2D eigenvalue weighted by atomic mass is 9.91. The maximum atomic E-state index is 12.6. The lowest BCUT2D eigenvalue weighted by molar-refractivity contribution is 0.198. The molecular weight excluding hydrogens is 424 g/mol. The average molecular weight is 449 g/mol. The number of hydrogen-bond donors (Lipinski definition) is 1. The van der Waals surface area contributed by atoms with Gasteiger partial charge in [0.25, 0.3) is 0 Å². The second-order valence-corrected chi connectivity index (χ2v) is 8.36. The maximum Gasteiger partial charge on any atom is 0.321 e. The van der Waals surface area contributed by atoms with E-state index in [2.05, 4.69) is 28.3 Å². The Labute approximate surface area is 192 Å². The molecule has 7 heteroatoms. The summed E-state index contributed by atoms with van der Waals surface area (Å²) in [6.07, 6.45) is 6.25. The topological polar surface area (TPSA) is 67.4 Å². The van der Waals surface area contributed by atoms with Gasteiger partial charge in [-0.1, -0.05) is 42.3 Å². The van der Waals surface area contributed by atoms with E-state index in [1.807, 2.05) is 48.2 Å². The summed E-state index contributed by atoms with van der Waals surface area (Å²) >= 11 is 5.88. The van der Waals surface area contributed by atoms with Crippen molar-refractivity contribution in [3.63, 3.8) is 0 Å². The third kappa shape index (κ3) is 5.65. The number of urea groups is 1. The van der Waals surface area contributed by atoms with Crippen LogP contribution in [0.25, 0.3) is 6.08 Å². The lowest BCUT2D eigenvalue weighted by Crippen LogP contribution is -2.42. The number of likely N-dealkylation sites (tertiary alicyclic amines) is 1. The first-order chi connectivity index (χ1) is 15.5. The van der Waals surface area contributed by atoms with E-state index in [4.69, 9.17) is 16.3 Å². The Balaban J connectivity index is 1.38. The van der Waals surface area contributed by atoms with E-state index in [9.17, 15) is 4.79 Å². The van der Waals surface area contributed by atoms with Crippen LogP contribution in [0.15, 0.2) is 66.5 Å². The molecule has 1 saturated heterocycles. The molecule has 1 fully saturated rings. The number of aryl methyl sites for hydroxylation is 1. The zero-order valence-electron chi connectivity index (χ0n) is 18.1. The fourth-order valence-corrected chi connectivity index (χ4v) is 3.73. The zero-order valence-corrected chi connectivity index (χ0v) is 18.8. The number of anilines is 1. The van der Waals surface area contributed by atoms with E-state index in [0.29, 0.717) is 35.4 Å². The number of ether oxygens (including phenoxy) is 1. The molecule has 1 aliphatic heterocycles. The molecule has 0 saturated carbocycles. The van der Waals surface area contributed by atoms with Crippen LogP contribution in [-0.4, -0.2) is 34.0 Å². The Morgan fingerprint density at radius 3 is 2.78 bits per heavy atom. The number of piperidine rings is 1. The summed E-state index contributed by atoms with van der Waals surface area (Å²) in [5, 5.41) is 3.50. The maximum absolute atomic E-state index is 12.6. The molecule has 32 heavy (non-hydrogen) atoms. The quantitative estimate of drug-likeness (QED) is 0.516. The number of hydrogen-bond acceptors (Lipinski definition) is 4. The van der Waals surface area contributed by atoms with Gasteiger partial charge in [-0.3, -0.25) is 4.98 Å². The van der Waals surface area contributed by atoms with Gasteiger partial charge in [-0.05, 0) is 55.2 Å². The third-order valence-corrected chi connectivity index (χ3v) is 5.60. The van der Waals surface area contributed by atoms with Gasteiger partial charge in [-0.15, -0.1) is 0 Å². The Bertz CT molecular complexity index is 1110. The van der Waals surface area contributed by atoms with Crippen molar-refractivity contribution >= 4 is 29.4 Å². The molecule has 0 spiro atoms. The normalized spacial score (nSPS) is 17.3.